The number of carbonyl (C=O) groups excluding carboxylic acids is 3. The molecule has 8 heteroatoms. The van der Waals surface area contributed by atoms with Crippen molar-refractivity contribution in [3.8, 4) is 0 Å². The Labute approximate surface area is 177 Å². The molecule has 2 amide bonds. The number of ether oxygens (including phenoxy) is 2. The van der Waals surface area contributed by atoms with E-state index in [4.69, 9.17) is 9.47 Å². The first kappa shape index (κ1) is 22.6. The Hall–Kier alpha value is -1.12. The molecule has 2 aliphatic heterocycles. The van der Waals surface area contributed by atoms with E-state index in [0.29, 0.717) is 12.8 Å². The number of thioether (sulfide) groups is 1. The smallest absolute Gasteiger partial charge is 0.413 e. The number of ketones is 1. The van der Waals surface area contributed by atoms with Crippen LogP contribution in [0.15, 0.2) is 0 Å². The predicted octanol–water partition coefficient (Wildman–Crippen LogP) is 2.87. The molecule has 2 heterocycles. The molecule has 0 aromatic heterocycles. The summed E-state index contributed by atoms with van der Waals surface area (Å²) in [4.78, 5) is 37.0. The van der Waals surface area contributed by atoms with Crippen LogP contribution >= 0.6 is 11.8 Å². The minimum Gasteiger partial charge on any atom is -0.450 e. The molecule has 3 fully saturated rings. The average molecular weight is 427 g/mol. The SMILES string of the molecule is CCOC(=O)NC(=O)C1CCSC1CC(=O)C1CCC2OC(C(C)(C)C)NC2C1. The fourth-order valence-corrected chi connectivity index (χ4v) is 5.98. The zero-order valence-corrected chi connectivity index (χ0v) is 18.7. The Kier molecular flexibility index (Phi) is 7.27. The molecule has 6 unspecified atom stereocenters. The second-order valence-corrected chi connectivity index (χ2v) is 10.7. The van der Waals surface area contributed by atoms with E-state index in [1.165, 1.54) is 0 Å². The molecule has 0 aromatic carbocycles. The summed E-state index contributed by atoms with van der Waals surface area (Å²) >= 11 is 1.66. The number of fused-ring (bicyclic) bond motifs is 1. The molecular formula is C21H34N2O5S. The van der Waals surface area contributed by atoms with Crippen LogP contribution in [-0.4, -0.2) is 53.8 Å². The minimum absolute atomic E-state index is 0.0148. The van der Waals surface area contributed by atoms with Crippen molar-refractivity contribution in [2.24, 2.45) is 17.3 Å². The highest BCUT2D eigenvalue weighted by Crippen LogP contribution is 2.39. The fourth-order valence-electron chi connectivity index (χ4n) is 4.51. The molecule has 6 atom stereocenters. The number of hydrogen-bond acceptors (Lipinski definition) is 7. The van der Waals surface area contributed by atoms with E-state index >= 15 is 0 Å². The van der Waals surface area contributed by atoms with Crippen molar-refractivity contribution in [2.75, 3.05) is 12.4 Å². The number of nitrogens with one attached hydrogen (secondary N) is 2. The topological polar surface area (TPSA) is 93.7 Å². The first-order valence-corrected chi connectivity index (χ1v) is 11.8. The highest BCUT2D eigenvalue weighted by atomic mass is 32.2. The van der Waals surface area contributed by atoms with Crippen molar-refractivity contribution >= 4 is 29.5 Å². The Morgan fingerprint density at radius 2 is 1.97 bits per heavy atom. The lowest BCUT2D eigenvalue weighted by molar-refractivity contribution is -0.126. The molecule has 164 valence electrons. The lowest BCUT2D eigenvalue weighted by Gasteiger charge is -2.30. The third-order valence-corrected chi connectivity index (χ3v) is 7.55. The van der Waals surface area contributed by atoms with Gasteiger partial charge in [0.15, 0.2) is 0 Å². The number of carbonyl (C=O) groups is 3. The molecule has 3 aliphatic rings. The van der Waals surface area contributed by atoms with Crippen LogP contribution in [0.1, 0.15) is 59.8 Å². The highest BCUT2D eigenvalue weighted by molar-refractivity contribution is 8.00. The van der Waals surface area contributed by atoms with Gasteiger partial charge in [0, 0.05) is 29.0 Å². The average Bonchev–Trinajstić information content (AvgIpc) is 3.27. The highest BCUT2D eigenvalue weighted by Gasteiger charge is 2.45. The van der Waals surface area contributed by atoms with Gasteiger partial charge in [0.1, 0.15) is 12.0 Å². The van der Waals surface area contributed by atoms with Gasteiger partial charge >= 0.3 is 6.09 Å². The second kappa shape index (κ2) is 9.35. The number of alkyl carbamates (subject to hydrolysis) is 1. The number of hydrogen-bond donors (Lipinski definition) is 2. The molecule has 3 rings (SSSR count). The van der Waals surface area contributed by atoms with Crippen LogP contribution in [0.25, 0.3) is 0 Å². The predicted molar refractivity (Wildman–Crippen MR) is 112 cm³/mol. The van der Waals surface area contributed by atoms with Gasteiger partial charge in [0.2, 0.25) is 5.91 Å². The van der Waals surface area contributed by atoms with E-state index < -0.39 is 6.09 Å². The van der Waals surface area contributed by atoms with Gasteiger partial charge in [-0.15, -0.1) is 0 Å². The summed E-state index contributed by atoms with van der Waals surface area (Å²) in [6.45, 7) is 8.38. The van der Waals surface area contributed by atoms with Crippen LogP contribution in [0.5, 0.6) is 0 Å². The van der Waals surface area contributed by atoms with E-state index in [1.807, 2.05) is 0 Å². The standard InChI is InChI=1S/C21H34N2O5S/c1-5-27-20(26)23-18(25)13-8-9-29-17(13)11-15(24)12-6-7-16-14(10-12)22-19(28-16)21(2,3)4/h12-14,16-17,19,22H,5-11H2,1-4H3,(H,23,25,26). The number of Topliss-reactive ketones (excluding diaryl/α,β-unsaturated/α-hetero) is 1. The summed E-state index contributed by atoms with van der Waals surface area (Å²) in [5, 5.41) is 5.82. The maximum absolute atomic E-state index is 13.0. The molecule has 29 heavy (non-hydrogen) atoms. The first-order chi connectivity index (χ1) is 13.7. The van der Waals surface area contributed by atoms with Crippen molar-refractivity contribution in [1.82, 2.24) is 10.6 Å². The van der Waals surface area contributed by atoms with Crippen LogP contribution in [0.2, 0.25) is 0 Å². The zero-order valence-electron chi connectivity index (χ0n) is 17.9. The van der Waals surface area contributed by atoms with Crippen molar-refractivity contribution in [2.45, 2.75) is 83.4 Å². The van der Waals surface area contributed by atoms with Gasteiger partial charge in [-0.3, -0.25) is 20.2 Å². The zero-order chi connectivity index (χ0) is 21.2. The van der Waals surface area contributed by atoms with Gasteiger partial charge in [-0.1, -0.05) is 20.8 Å². The van der Waals surface area contributed by atoms with Crippen LogP contribution in [-0.2, 0) is 19.1 Å². The van der Waals surface area contributed by atoms with Gasteiger partial charge in [-0.25, -0.2) is 4.79 Å². The molecule has 0 aromatic rings. The van der Waals surface area contributed by atoms with Gasteiger partial charge in [0.25, 0.3) is 0 Å². The summed E-state index contributed by atoms with van der Waals surface area (Å²) in [5.74, 6) is 0.437. The number of rotatable bonds is 5. The van der Waals surface area contributed by atoms with E-state index in [2.05, 4.69) is 31.4 Å². The molecule has 0 bridgehead atoms. The summed E-state index contributed by atoms with van der Waals surface area (Å²) in [6, 6.07) is 0.223. The van der Waals surface area contributed by atoms with Gasteiger partial charge in [-0.05, 0) is 38.4 Å². The Morgan fingerprint density at radius 1 is 1.21 bits per heavy atom. The van der Waals surface area contributed by atoms with Gasteiger partial charge in [-0.2, -0.15) is 11.8 Å². The van der Waals surface area contributed by atoms with Crippen molar-refractivity contribution < 1.29 is 23.9 Å². The maximum Gasteiger partial charge on any atom is 0.413 e. The number of amides is 2. The largest absolute Gasteiger partial charge is 0.450 e. The molecule has 7 nitrogen and oxygen atoms in total. The lowest BCUT2D eigenvalue weighted by Crippen LogP contribution is -2.43. The summed E-state index contributed by atoms with van der Waals surface area (Å²) in [7, 11) is 0. The van der Waals surface area contributed by atoms with Crippen LogP contribution in [0.4, 0.5) is 4.79 Å². The number of imide groups is 1. The molecular weight excluding hydrogens is 392 g/mol. The van der Waals surface area contributed by atoms with Crippen LogP contribution < -0.4 is 10.6 Å². The molecule has 1 saturated carbocycles. The Bertz CT molecular complexity index is 635. The van der Waals surface area contributed by atoms with Gasteiger partial charge < -0.3 is 9.47 Å². The van der Waals surface area contributed by atoms with E-state index in [0.717, 1.165) is 25.0 Å². The maximum atomic E-state index is 13.0. The second-order valence-electron chi connectivity index (χ2n) is 9.39. The monoisotopic (exact) mass is 426 g/mol. The minimum atomic E-state index is -0.710. The van der Waals surface area contributed by atoms with Crippen molar-refractivity contribution in [3.05, 3.63) is 0 Å². The Morgan fingerprint density at radius 3 is 2.66 bits per heavy atom. The molecule has 1 aliphatic carbocycles. The quantitative estimate of drug-likeness (QED) is 0.698. The normalized spacial score (nSPS) is 34.5. The van der Waals surface area contributed by atoms with Crippen molar-refractivity contribution in [3.63, 3.8) is 0 Å². The van der Waals surface area contributed by atoms with E-state index in [9.17, 15) is 14.4 Å². The summed E-state index contributed by atoms with van der Waals surface area (Å²) in [6.07, 6.45) is 3.11. The third-order valence-electron chi connectivity index (χ3n) is 6.15. The molecule has 0 spiro atoms. The third kappa shape index (κ3) is 5.52. The van der Waals surface area contributed by atoms with Crippen LogP contribution in [0, 0.1) is 17.3 Å². The van der Waals surface area contributed by atoms with Crippen molar-refractivity contribution in [1.29, 1.82) is 0 Å². The Balaban J connectivity index is 1.52. The molecule has 2 N–H and O–H groups in total. The summed E-state index contributed by atoms with van der Waals surface area (Å²) < 4.78 is 11.0. The molecule has 2 saturated heterocycles. The summed E-state index contributed by atoms with van der Waals surface area (Å²) in [5.41, 5.74) is 0.0246. The molecule has 0 radical (unpaired) electrons. The van der Waals surface area contributed by atoms with E-state index in [1.54, 1.807) is 18.7 Å². The first-order valence-electron chi connectivity index (χ1n) is 10.7. The lowest BCUT2D eigenvalue weighted by atomic mass is 9.80. The van der Waals surface area contributed by atoms with Gasteiger partial charge in [0.05, 0.1) is 18.6 Å². The van der Waals surface area contributed by atoms with E-state index in [-0.39, 0.29) is 59.2 Å². The van der Waals surface area contributed by atoms with Crippen LogP contribution in [0.3, 0.4) is 0 Å². The fraction of sp³-hybridized carbons (Fsp3) is 0.857.